The van der Waals surface area contributed by atoms with Crippen LogP contribution in [0.2, 0.25) is 10.0 Å². The van der Waals surface area contributed by atoms with Gasteiger partial charge in [-0.1, -0.05) is 47.5 Å². The molecule has 1 aliphatic rings. The van der Waals surface area contributed by atoms with E-state index in [0.717, 1.165) is 22.4 Å². The largest absolute Gasteiger partial charge is 0.325 e. The Morgan fingerprint density at radius 1 is 1.00 bits per heavy atom. The maximum Gasteiger partial charge on any atom is 0.228 e. The van der Waals surface area contributed by atoms with Crippen LogP contribution >= 0.6 is 23.2 Å². The zero-order valence-corrected chi connectivity index (χ0v) is 12.0. The van der Waals surface area contributed by atoms with E-state index in [2.05, 4.69) is 5.32 Å². The zero-order chi connectivity index (χ0) is 14.1. The third-order valence-corrected chi connectivity index (χ3v) is 3.77. The van der Waals surface area contributed by atoms with Crippen molar-refractivity contribution in [3.05, 3.63) is 69.7 Å². The molecule has 100 valence electrons. The van der Waals surface area contributed by atoms with Crippen molar-refractivity contribution in [3.8, 4) is 0 Å². The number of fused-ring (bicyclic) bond motifs is 1. The third-order valence-electron chi connectivity index (χ3n) is 3.20. The molecule has 0 fully saturated rings. The average molecular weight is 304 g/mol. The van der Waals surface area contributed by atoms with Crippen molar-refractivity contribution in [2.45, 2.75) is 6.42 Å². The lowest BCUT2D eigenvalue weighted by Gasteiger charge is -2.13. The molecule has 0 aliphatic carbocycles. The lowest BCUT2D eigenvalue weighted by atomic mass is 9.96. The van der Waals surface area contributed by atoms with E-state index in [0.29, 0.717) is 16.5 Å². The first-order chi connectivity index (χ1) is 9.65. The number of hydrogen-bond donors (Lipinski definition) is 1. The summed E-state index contributed by atoms with van der Waals surface area (Å²) in [6.45, 7) is 0. The molecule has 0 unspecified atom stereocenters. The number of hydrogen-bond acceptors (Lipinski definition) is 1. The maximum absolute atomic E-state index is 11.8. The molecule has 1 amide bonds. The monoisotopic (exact) mass is 303 g/mol. The minimum Gasteiger partial charge on any atom is -0.325 e. The molecule has 4 heteroatoms. The Hall–Kier alpha value is -1.77. The highest BCUT2D eigenvalue weighted by molar-refractivity contribution is 6.33. The first kappa shape index (κ1) is 13.2. The van der Waals surface area contributed by atoms with E-state index >= 15 is 0 Å². The maximum atomic E-state index is 11.8. The minimum atomic E-state index is -0.0457. The molecule has 0 atom stereocenters. The number of carbonyl (C=O) groups excluding carboxylic acids is 1. The Morgan fingerprint density at radius 2 is 1.80 bits per heavy atom. The summed E-state index contributed by atoms with van der Waals surface area (Å²) in [4.78, 5) is 11.8. The summed E-state index contributed by atoms with van der Waals surface area (Å²) in [7, 11) is 0. The Kier molecular flexibility index (Phi) is 3.51. The van der Waals surface area contributed by atoms with Gasteiger partial charge in [0, 0.05) is 33.3 Å². The number of anilines is 1. The van der Waals surface area contributed by atoms with Crippen molar-refractivity contribution in [2.24, 2.45) is 0 Å². The standard InChI is InChI=1S/C16H11Cl2NO/c17-10-5-7-15-13(9-10)11(6-8-16(20)19-15)12-3-1-2-4-14(12)18/h1-7,9H,8H2,(H,19,20). The van der Waals surface area contributed by atoms with Crippen LogP contribution in [0, 0.1) is 0 Å². The van der Waals surface area contributed by atoms with Gasteiger partial charge in [0.2, 0.25) is 5.91 Å². The van der Waals surface area contributed by atoms with Gasteiger partial charge in [0.1, 0.15) is 0 Å². The van der Waals surface area contributed by atoms with Crippen molar-refractivity contribution in [1.82, 2.24) is 0 Å². The molecule has 1 aliphatic heterocycles. The van der Waals surface area contributed by atoms with E-state index in [1.165, 1.54) is 0 Å². The molecule has 2 aromatic rings. The van der Waals surface area contributed by atoms with Gasteiger partial charge in [-0.3, -0.25) is 4.79 Å². The molecule has 0 bridgehead atoms. The van der Waals surface area contributed by atoms with Crippen molar-refractivity contribution < 1.29 is 4.79 Å². The van der Waals surface area contributed by atoms with E-state index in [-0.39, 0.29) is 5.91 Å². The fourth-order valence-electron chi connectivity index (χ4n) is 2.29. The molecule has 1 heterocycles. The van der Waals surface area contributed by atoms with Crippen LogP contribution in [0.3, 0.4) is 0 Å². The van der Waals surface area contributed by atoms with Crippen molar-refractivity contribution in [2.75, 3.05) is 5.32 Å². The average Bonchev–Trinajstić information content (AvgIpc) is 2.58. The highest BCUT2D eigenvalue weighted by atomic mass is 35.5. The van der Waals surface area contributed by atoms with Gasteiger partial charge in [0.05, 0.1) is 0 Å². The molecule has 0 aromatic heterocycles. The fraction of sp³-hybridized carbons (Fsp3) is 0.0625. The number of rotatable bonds is 1. The number of carbonyl (C=O) groups is 1. The Balaban J connectivity index is 2.23. The number of nitrogens with one attached hydrogen (secondary N) is 1. The molecule has 3 rings (SSSR count). The zero-order valence-electron chi connectivity index (χ0n) is 10.5. The Morgan fingerprint density at radius 3 is 2.60 bits per heavy atom. The summed E-state index contributed by atoms with van der Waals surface area (Å²) in [6.07, 6.45) is 2.20. The van der Waals surface area contributed by atoms with Gasteiger partial charge in [-0.15, -0.1) is 0 Å². The smallest absolute Gasteiger partial charge is 0.228 e. The van der Waals surface area contributed by atoms with Crippen molar-refractivity contribution >= 4 is 40.4 Å². The number of benzene rings is 2. The van der Waals surface area contributed by atoms with Gasteiger partial charge in [0.25, 0.3) is 0 Å². The van der Waals surface area contributed by atoms with Crippen LogP contribution in [0.5, 0.6) is 0 Å². The highest BCUT2D eigenvalue weighted by Crippen LogP contribution is 2.36. The fourth-order valence-corrected chi connectivity index (χ4v) is 2.70. The second kappa shape index (κ2) is 5.31. The van der Waals surface area contributed by atoms with E-state index in [1.807, 2.05) is 42.5 Å². The summed E-state index contributed by atoms with van der Waals surface area (Å²) in [5.74, 6) is -0.0457. The quantitative estimate of drug-likeness (QED) is 0.808. The van der Waals surface area contributed by atoms with Crippen molar-refractivity contribution in [3.63, 3.8) is 0 Å². The van der Waals surface area contributed by atoms with Crippen LogP contribution in [-0.2, 0) is 4.79 Å². The molecule has 0 saturated heterocycles. The SMILES string of the molecule is O=C1CC=C(c2ccccc2Cl)c2cc(Cl)ccc2N1. The summed E-state index contributed by atoms with van der Waals surface area (Å²) in [5, 5.41) is 4.15. The molecular formula is C16H11Cl2NO. The van der Waals surface area contributed by atoms with Crippen LogP contribution in [0.4, 0.5) is 5.69 Å². The number of halogens is 2. The Bertz CT molecular complexity index is 722. The Labute approximate surface area is 127 Å². The van der Waals surface area contributed by atoms with Gasteiger partial charge in [-0.2, -0.15) is 0 Å². The van der Waals surface area contributed by atoms with E-state index in [1.54, 1.807) is 6.07 Å². The van der Waals surface area contributed by atoms with Gasteiger partial charge >= 0.3 is 0 Å². The molecule has 20 heavy (non-hydrogen) atoms. The van der Waals surface area contributed by atoms with Crippen LogP contribution in [0.1, 0.15) is 17.5 Å². The van der Waals surface area contributed by atoms with Crippen molar-refractivity contribution in [1.29, 1.82) is 0 Å². The molecule has 1 N–H and O–H groups in total. The second-order valence-electron chi connectivity index (χ2n) is 4.54. The van der Waals surface area contributed by atoms with Crippen LogP contribution in [-0.4, -0.2) is 5.91 Å². The van der Waals surface area contributed by atoms with E-state index in [4.69, 9.17) is 23.2 Å². The topological polar surface area (TPSA) is 29.1 Å². The molecule has 2 nitrogen and oxygen atoms in total. The predicted octanol–water partition coefficient (Wildman–Crippen LogP) is 4.77. The summed E-state index contributed by atoms with van der Waals surface area (Å²) < 4.78 is 0. The molecule has 0 spiro atoms. The molecule has 0 saturated carbocycles. The number of amides is 1. The molecule has 2 aromatic carbocycles. The van der Waals surface area contributed by atoms with E-state index in [9.17, 15) is 4.79 Å². The summed E-state index contributed by atoms with van der Waals surface area (Å²) >= 11 is 12.4. The van der Waals surface area contributed by atoms with Crippen LogP contribution < -0.4 is 5.32 Å². The first-order valence-electron chi connectivity index (χ1n) is 6.20. The van der Waals surface area contributed by atoms with Crippen LogP contribution in [0.15, 0.2) is 48.5 Å². The van der Waals surface area contributed by atoms with E-state index < -0.39 is 0 Å². The summed E-state index contributed by atoms with van der Waals surface area (Å²) in [5.41, 5.74) is 3.46. The third kappa shape index (κ3) is 2.45. The van der Waals surface area contributed by atoms with Gasteiger partial charge in [0.15, 0.2) is 0 Å². The molecule has 0 radical (unpaired) electrons. The lowest BCUT2D eigenvalue weighted by Crippen LogP contribution is -2.09. The minimum absolute atomic E-state index is 0.0457. The first-order valence-corrected chi connectivity index (χ1v) is 6.95. The predicted molar refractivity (Wildman–Crippen MR) is 83.2 cm³/mol. The normalized spacial score (nSPS) is 14.1. The molecular weight excluding hydrogens is 293 g/mol. The lowest BCUT2D eigenvalue weighted by molar-refractivity contribution is -0.115. The second-order valence-corrected chi connectivity index (χ2v) is 5.38. The highest BCUT2D eigenvalue weighted by Gasteiger charge is 2.18. The van der Waals surface area contributed by atoms with Gasteiger partial charge < -0.3 is 5.32 Å². The van der Waals surface area contributed by atoms with Gasteiger partial charge in [-0.05, 0) is 29.8 Å². The van der Waals surface area contributed by atoms with Gasteiger partial charge in [-0.25, -0.2) is 0 Å². The van der Waals surface area contributed by atoms with Crippen LogP contribution in [0.25, 0.3) is 5.57 Å². The summed E-state index contributed by atoms with van der Waals surface area (Å²) in [6, 6.07) is 13.0.